The molecule has 19 heavy (non-hydrogen) atoms. The second-order valence-electron chi connectivity index (χ2n) is 5.15. The highest BCUT2D eigenvalue weighted by molar-refractivity contribution is 7.12. The van der Waals surface area contributed by atoms with Gasteiger partial charge in [-0.25, -0.2) is 0 Å². The van der Waals surface area contributed by atoms with Gasteiger partial charge in [0, 0.05) is 40.8 Å². The Kier molecular flexibility index (Phi) is 4.03. The maximum atomic E-state index is 3.24. The monoisotopic (exact) mass is 292 g/mol. The molecule has 0 aliphatic carbocycles. The molecule has 102 valence electrons. The highest BCUT2D eigenvalue weighted by Crippen LogP contribution is 2.27. The zero-order valence-electron chi connectivity index (χ0n) is 11.5. The van der Waals surface area contributed by atoms with Crippen LogP contribution in [-0.2, 0) is 26.1 Å². The standard InChI is InChI=1S/C15H20N2S2/c1-11-13(7-14(19-11)8-16-2)10-17-5-3-15-12(9-17)4-6-18-15/h4,6-7,16H,3,5,8-10H2,1-2H3. The smallest absolute Gasteiger partial charge is 0.0296 e. The molecule has 2 aromatic heterocycles. The van der Waals surface area contributed by atoms with Crippen LogP contribution in [0.5, 0.6) is 0 Å². The molecule has 0 saturated carbocycles. The van der Waals surface area contributed by atoms with E-state index < -0.39 is 0 Å². The number of hydrogen-bond donors (Lipinski definition) is 1. The van der Waals surface area contributed by atoms with E-state index >= 15 is 0 Å². The van der Waals surface area contributed by atoms with Crippen LogP contribution in [0.4, 0.5) is 0 Å². The van der Waals surface area contributed by atoms with Crippen molar-refractivity contribution in [2.24, 2.45) is 0 Å². The Hall–Kier alpha value is -0.680. The molecule has 2 nitrogen and oxygen atoms in total. The van der Waals surface area contributed by atoms with E-state index in [0.717, 1.165) is 19.6 Å². The van der Waals surface area contributed by atoms with Gasteiger partial charge in [0.05, 0.1) is 0 Å². The van der Waals surface area contributed by atoms with Crippen LogP contribution >= 0.6 is 22.7 Å². The minimum Gasteiger partial charge on any atom is -0.315 e. The lowest BCUT2D eigenvalue weighted by molar-refractivity contribution is 0.247. The molecule has 3 heterocycles. The first-order valence-electron chi connectivity index (χ1n) is 6.76. The molecule has 0 radical (unpaired) electrons. The number of nitrogens with one attached hydrogen (secondary N) is 1. The van der Waals surface area contributed by atoms with Gasteiger partial charge in [0.15, 0.2) is 0 Å². The molecule has 0 spiro atoms. The van der Waals surface area contributed by atoms with E-state index in [-0.39, 0.29) is 0 Å². The van der Waals surface area contributed by atoms with Crippen molar-refractivity contribution in [2.45, 2.75) is 33.0 Å². The van der Waals surface area contributed by atoms with Gasteiger partial charge in [0.25, 0.3) is 0 Å². The Balaban J connectivity index is 1.69. The fourth-order valence-corrected chi connectivity index (χ4v) is 4.64. The lowest BCUT2D eigenvalue weighted by Crippen LogP contribution is -2.29. The summed E-state index contributed by atoms with van der Waals surface area (Å²) < 4.78 is 0. The van der Waals surface area contributed by atoms with Crippen LogP contribution in [0.3, 0.4) is 0 Å². The van der Waals surface area contributed by atoms with Crippen LogP contribution in [0.15, 0.2) is 17.5 Å². The molecular formula is C15H20N2S2. The third-order valence-electron chi connectivity index (χ3n) is 3.70. The first-order valence-corrected chi connectivity index (χ1v) is 8.46. The van der Waals surface area contributed by atoms with Gasteiger partial charge in [0.2, 0.25) is 0 Å². The first-order chi connectivity index (χ1) is 9.26. The Morgan fingerprint density at radius 1 is 1.42 bits per heavy atom. The van der Waals surface area contributed by atoms with Crippen LogP contribution in [0.1, 0.15) is 25.8 Å². The maximum absolute atomic E-state index is 3.24. The third kappa shape index (κ3) is 2.92. The van der Waals surface area contributed by atoms with E-state index in [1.165, 1.54) is 28.3 Å². The molecular weight excluding hydrogens is 272 g/mol. The topological polar surface area (TPSA) is 15.3 Å². The van der Waals surface area contributed by atoms with Crippen molar-refractivity contribution in [3.63, 3.8) is 0 Å². The molecule has 0 atom stereocenters. The van der Waals surface area contributed by atoms with Gasteiger partial charge >= 0.3 is 0 Å². The van der Waals surface area contributed by atoms with E-state index in [2.05, 4.69) is 34.7 Å². The number of nitrogens with zero attached hydrogens (tertiary/aromatic N) is 1. The van der Waals surface area contributed by atoms with Crippen LogP contribution < -0.4 is 5.32 Å². The molecule has 1 aliphatic heterocycles. The Morgan fingerprint density at radius 2 is 2.32 bits per heavy atom. The number of thiophene rings is 2. The second-order valence-corrected chi connectivity index (χ2v) is 7.50. The quantitative estimate of drug-likeness (QED) is 0.929. The van der Waals surface area contributed by atoms with Gasteiger partial charge in [-0.15, -0.1) is 22.7 Å². The van der Waals surface area contributed by atoms with E-state index in [4.69, 9.17) is 0 Å². The van der Waals surface area contributed by atoms with Gasteiger partial charge < -0.3 is 5.32 Å². The van der Waals surface area contributed by atoms with Crippen molar-refractivity contribution in [3.05, 3.63) is 43.3 Å². The van der Waals surface area contributed by atoms with Crippen LogP contribution in [0, 0.1) is 6.92 Å². The first kappa shape index (κ1) is 13.3. The molecule has 3 rings (SSSR count). The molecule has 2 aromatic rings. The average molecular weight is 292 g/mol. The third-order valence-corrected chi connectivity index (χ3v) is 5.82. The van der Waals surface area contributed by atoms with Crippen molar-refractivity contribution in [1.29, 1.82) is 0 Å². The molecule has 1 N–H and O–H groups in total. The van der Waals surface area contributed by atoms with Crippen LogP contribution in [0.25, 0.3) is 0 Å². The highest BCUT2D eigenvalue weighted by Gasteiger charge is 2.18. The van der Waals surface area contributed by atoms with Gasteiger partial charge in [-0.3, -0.25) is 4.90 Å². The van der Waals surface area contributed by atoms with Crippen LogP contribution in [-0.4, -0.2) is 18.5 Å². The van der Waals surface area contributed by atoms with Gasteiger partial charge in [-0.05, 0) is 49.0 Å². The summed E-state index contributed by atoms with van der Waals surface area (Å²) in [5.74, 6) is 0. The summed E-state index contributed by atoms with van der Waals surface area (Å²) in [5, 5.41) is 5.47. The van der Waals surface area contributed by atoms with E-state index in [9.17, 15) is 0 Å². The molecule has 1 aliphatic rings. The summed E-state index contributed by atoms with van der Waals surface area (Å²) >= 11 is 3.84. The minimum absolute atomic E-state index is 0.986. The fourth-order valence-electron chi connectivity index (χ4n) is 2.69. The summed E-state index contributed by atoms with van der Waals surface area (Å²) in [4.78, 5) is 7.09. The number of hydrogen-bond acceptors (Lipinski definition) is 4. The molecule has 0 aromatic carbocycles. The van der Waals surface area contributed by atoms with E-state index in [0.29, 0.717) is 0 Å². The summed E-state index contributed by atoms with van der Waals surface area (Å²) in [6.45, 7) is 6.65. The number of fused-ring (bicyclic) bond motifs is 1. The van der Waals surface area contributed by atoms with Crippen molar-refractivity contribution < 1.29 is 0 Å². The Labute approximate surface area is 123 Å². The van der Waals surface area contributed by atoms with Crippen LogP contribution in [0.2, 0.25) is 0 Å². The molecule has 0 amide bonds. The normalized spacial score (nSPS) is 15.7. The minimum atomic E-state index is 0.986. The van der Waals surface area contributed by atoms with E-state index in [1.54, 1.807) is 10.4 Å². The molecule has 0 fully saturated rings. The van der Waals surface area contributed by atoms with E-state index in [1.807, 2.05) is 29.7 Å². The largest absolute Gasteiger partial charge is 0.315 e. The Morgan fingerprint density at radius 3 is 3.16 bits per heavy atom. The zero-order valence-corrected chi connectivity index (χ0v) is 13.2. The van der Waals surface area contributed by atoms with Crippen molar-refractivity contribution in [3.8, 4) is 0 Å². The average Bonchev–Trinajstić information content (AvgIpc) is 2.97. The summed E-state index contributed by atoms with van der Waals surface area (Å²) in [6, 6.07) is 4.67. The molecule has 0 saturated heterocycles. The zero-order chi connectivity index (χ0) is 13.2. The molecule has 4 heteroatoms. The predicted molar refractivity (Wildman–Crippen MR) is 84.0 cm³/mol. The fraction of sp³-hybridized carbons (Fsp3) is 0.467. The maximum Gasteiger partial charge on any atom is 0.0296 e. The lowest BCUT2D eigenvalue weighted by atomic mass is 10.1. The Bertz CT molecular complexity index is 556. The molecule has 0 unspecified atom stereocenters. The number of rotatable bonds is 4. The van der Waals surface area contributed by atoms with Gasteiger partial charge in [-0.1, -0.05) is 0 Å². The summed E-state index contributed by atoms with van der Waals surface area (Å²) in [6.07, 6.45) is 1.22. The SMILES string of the molecule is CNCc1cc(CN2CCc3sccc3C2)c(C)s1. The second kappa shape index (κ2) is 5.75. The number of aryl methyl sites for hydroxylation is 1. The van der Waals surface area contributed by atoms with Crippen molar-refractivity contribution in [1.82, 2.24) is 10.2 Å². The van der Waals surface area contributed by atoms with Gasteiger partial charge in [-0.2, -0.15) is 0 Å². The van der Waals surface area contributed by atoms with Crippen molar-refractivity contribution in [2.75, 3.05) is 13.6 Å². The highest BCUT2D eigenvalue weighted by atomic mass is 32.1. The molecule has 0 bridgehead atoms. The lowest BCUT2D eigenvalue weighted by Gasteiger charge is -2.26. The predicted octanol–water partition coefficient (Wildman–Crippen LogP) is 3.40. The van der Waals surface area contributed by atoms with Gasteiger partial charge in [0.1, 0.15) is 0 Å². The van der Waals surface area contributed by atoms with Crippen molar-refractivity contribution >= 4 is 22.7 Å². The summed E-state index contributed by atoms with van der Waals surface area (Å²) in [7, 11) is 2.01. The summed E-state index contributed by atoms with van der Waals surface area (Å²) in [5.41, 5.74) is 3.05.